The molecule has 4 nitrogen and oxygen atoms in total. The molecule has 0 heterocycles. The summed E-state index contributed by atoms with van der Waals surface area (Å²) in [5.74, 6) is 0.437. The van der Waals surface area contributed by atoms with Crippen molar-refractivity contribution in [2.24, 2.45) is 4.99 Å². The Balaban J connectivity index is 1.92. The summed E-state index contributed by atoms with van der Waals surface area (Å²) in [7, 11) is 0. The highest BCUT2D eigenvalue weighted by molar-refractivity contribution is 5.96. The van der Waals surface area contributed by atoms with Crippen molar-refractivity contribution in [1.82, 2.24) is 0 Å². The molecule has 0 fully saturated rings. The lowest BCUT2D eigenvalue weighted by atomic mass is 10.1. The number of hydrogen-bond acceptors (Lipinski definition) is 4. The van der Waals surface area contributed by atoms with E-state index in [0.29, 0.717) is 0 Å². The molecule has 0 spiro atoms. The molecule has 1 unspecified atom stereocenters. The number of rotatable bonds is 17. The lowest BCUT2D eigenvalue weighted by molar-refractivity contribution is -0.143. The van der Waals surface area contributed by atoms with E-state index in [1.807, 2.05) is 61.5 Å². The Hall–Kier alpha value is -2.88. The van der Waals surface area contributed by atoms with Crippen LogP contribution >= 0.6 is 0 Å². The van der Waals surface area contributed by atoms with Crippen molar-refractivity contribution in [1.29, 1.82) is 0 Å². The van der Waals surface area contributed by atoms with Gasteiger partial charge in [-0.05, 0) is 49.1 Å². The fourth-order valence-corrected chi connectivity index (χ4v) is 3.78. The predicted molar refractivity (Wildman–Crippen MR) is 147 cm³/mol. The van der Waals surface area contributed by atoms with Crippen LogP contribution in [0.25, 0.3) is 6.08 Å². The van der Waals surface area contributed by atoms with Gasteiger partial charge in [0.15, 0.2) is 0 Å². The molecule has 2 aromatic rings. The third kappa shape index (κ3) is 12.4. The fraction of sp³-hybridized carbons (Fsp3) is 0.484. The number of esters is 1. The number of hydrogen-bond donors (Lipinski definition) is 0. The zero-order chi connectivity index (χ0) is 25.1. The van der Waals surface area contributed by atoms with Gasteiger partial charge in [-0.1, -0.05) is 108 Å². The second-order valence-electron chi connectivity index (χ2n) is 9.10. The summed E-state index contributed by atoms with van der Waals surface area (Å²) in [6.45, 7) is 6.98. The average molecular weight is 478 g/mol. The fourth-order valence-electron chi connectivity index (χ4n) is 3.78. The molecule has 0 aliphatic carbocycles. The third-order valence-corrected chi connectivity index (χ3v) is 5.81. The standard InChI is InChI=1S/C31H43NO3/c1-4-6-7-8-9-10-11-15-23-34-29-21-19-27(20-22-29)24-30(31(33)35-26(3)16-5-2)32-25-28-17-13-12-14-18-28/h12-14,17-22,24-26H,4-11,15-16,23H2,1-3H3. The van der Waals surface area contributed by atoms with Crippen LogP contribution in [-0.4, -0.2) is 24.9 Å². The SMILES string of the molecule is CCCCCCCCCCOc1ccc(C=C(N=Cc2ccccc2)C(=O)OC(C)CCC)cc1. The van der Waals surface area contributed by atoms with Gasteiger partial charge in [0.1, 0.15) is 11.4 Å². The van der Waals surface area contributed by atoms with E-state index in [1.165, 1.54) is 44.9 Å². The number of carbonyl (C=O) groups excluding carboxylic acids is 1. The van der Waals surface area contributed by atoms with E-state index in [-0.39, 0.29) is 11.8 Å². The average Bonchev–Trinajstić information content (AvgIpc) is 2.87. The van der Waals surface area contributed by atoms with Crippen LogP contribution in [0.1, 0.15) is 96.1 Å². The molecular formula is C31H43NO3. The molecule has 0 bridgehead atoms. The molecule has 0 saturated carbocycles. The minimum absolute atomic E-state index is 0.144. The molecule has 0 amide bonds. The highest BCUT2D eigenvalue weighted by Crippen LogP contribution is 2.17. The zero-order valence-electron chi connectivity index (χ0n) is 21.9. The highest BCUT2D eigenvalue weighted by Gasteiger charge is 2.14. The maximum absolute atomic E-state index is 12.8. The maximum Gasteiger partial charge on any atom is 0.357 e. The molecular weight excluding hydrogens is 434 g/mol. The van der Waals surface area contributed by atoms with Gasteiger partial charge in [-0.15, -0.1) is 0 Å². The maximum atomic E-state index is 12.8. The van der Waals surface area contributed by atoms with Gasteiger partial charge in [-0.3, -0.25) is 0 Å². The van der Waals surface area contributed by atoms with Gasteiger partial charge in [0.25, 0.3) is 0 Å². The Kier molecular flexibility index (Phi) is 14.2. The summed E-state index contributed by atoms with van der Waals surface area (Å²) in [5.41, 5.74) is 2.09. The van der Waals surface area contributed by atoms with Crippen molar-refractivity contribution in [3.05, 3.63) is 71.4 Å². The van der Waals surface area contributed by atoms with E-state index < -0.39 is 5.97 Å². The lowest BCUT2D eigenvalue weighted by Crippen LogP contribution is -2.15. The molecule has 0 saturated heterocycles. The summed E-state index contributed by atoms with van der Waals surface area (Å²) >= 11 is 0. The molecule has 0 N–H and O–H groups in total. The summed E-state index contributed by atoms with van der Waals surface area (Å²) in [6.07, 6.45) is 15.4. The lowest BCUT2D eigenvalue weighted by Gasteiger charge is -2.12. The Bertz CT molecular complexity index is 887. The molecule has 0 aliphatic rings. The van der Waals surface area contributed by atoms with Crippen LogP contribution in [0.15, 0.2) is 65.3 Å². The number of aliphatic imine (C=N–C) groups is 1. The Morgan fingerprint density at radius 3 is 2.14 bits per heavy atom. The number of unbranched alkanes of at least 4 members (excludes halogenated alkanes) is 7. The van der Waals surface area contributed by atoms with Crippen molar-refractivity contribution in [3.8, 4) is 5.75 Å². The molecule has 190 valence electrons. The number of benzene rings is 2. The van der Waals surface area contributed by atoms with E-state index in [4.69, 9.17) is 9.47 Å². The molecule has 2 aromatic carbocycles. The van der Waals surface area contributed by atoms with Crippen LogP contribution in [0.4, 0.5) is 0 Å². The second-order valence-corrected chi connectivity index (χ2v) is 9.10. The summed E-state index contributed by atoms with van der Waals surface area (Å²) in [4.78, 5) is 17.2. The molecule has 4 heteroatoms. The molecule has 1 atom stereocenters. The topological polar surface area (TPSA) is 47.9 Å². The van der Waals surface area contributed by atoms with Gasteiger partial charge < -0.3 is 9.47 Å². The first kappa shape index (κ1) is 28.4. The summed E-state index contributed by atoms with van der Waals surface area (Å²) in [6, 6.07) is 17.5. The van der Waals surface area contributed by atoms with Crippen LogP contribution in [0, 0.1) is 0 Å². The first-order valence-corrected chi connectivity index (χ1v) is 13.4. The van der Waals surface area contributed by atoms with Crippen LogP contribution in [0.3, 0.4) is 0 Å². The summed E-state index contributed by atoms with van der Waals surface area (Å²) in [5, 5.41) is 0. The van der Waals surface area contributed by atoms with Crippen LogP contribution in [0.5, 0.6) is 5.75 Å². The van der Waals surface area contributed by atoms with Crippen molar-refractivity contribution in [3.63, 3.8) is 0 Å². The monoisotopic (exact) mass is 477 g/mol. The van der Waals surface area contributed by atoms with Crippen molar-refractivity contribution >= 4 is 18.3 Å². The van der Waals surface area contributed by atoms with E-state index >= 15 is 0 Å². The van der Waals surface area contributed by atoms with Crippen molar-refractivity contribution < 1.29 is 14.3 Å². The minimum atomic E-state index is -0.409. The van der Waals surface area contributed by atoms with Crippen LogP contribution in [0.2, 0.25) is 0 Å². The molecule has 35 heavy (non-hydrogen) atoms. The predicted octanol–water partition coefficient (Wildman–Crippen LogP) is 8.40. The van der Waals surface area contributed by atoms with Crippen molar-refractivity contribution in [2.45, 2.75) is 91.1 Å². The quantitative estimate of drug-likeness (QED) is 0.0994. The van der Waals surface area contributed by atoms with Gasteiger partial charge >= 0.3 is 5.97 Å². The van der Waals surface area contributed by atoms with Gasteiger partial charge in [-0.25, -0.2) is 9.79 Å². The number of nitrogens with zero attached hydrogens (tertiary/aromatic N) is 1. The Labute approximate surface area is 212 Å². The van der Waals surface area contributed by atoms with Gasteiger partial charge in [0.2, 0.25) is 0 Å². The Morgan fingerprint density at radius 1 is 0.829 bits per heavy atom. The van der Waals surface area contributed by atoms with Gasteiger partial charge in [0.05, 0.1) is 12.7 Å². The van der Waals surface area contributed by atoms with Gasteiger partial charge in [-0.2, -0.15) is 0 Å². The van der Waals surface area contributed by atoms with Gasteiger partial charge in [0, 0.05) is 6.21 Å². The summed E-state index contributed by atoms with van der Waals surface area (Å²) < 4.78 is 11.5. The number of carbonyl (C=O) groups is 1. The number of ether oxygens (including phenoxy) is 2. The zero-order valence-corrected chi connectivity index (χ0v) is 21.9. The smallest absolute Gasteiger partial charge is 0.357 e. The molecule has 0 radical (unpaired) electrons. The first-order chi connectivity index (χ1) is 17.1. The minimum Gasteiger partial charge on any atom is -0.494 e. The molecule has 2 rings (SSSR count). The Morgan fingerprint density at radius 2 is 1.49 bits per heavy atom. The molecule has 0 aliphatic heterocycles. The first-order valence-electron chi connectivity index (χ1n) is 13.4. The van der Waals surface area contributed by atoms with E-state index in [0.717, 1.165) is 42.7 Å². The largest absolute Gasteiger partial charge is 0.494 e. The van der Waals surface area contributed by atoms with E-state index in [1.54, 1.807) is 12.3 Å². The van der Waals surface area contributed by atoms with Crippen LogP contribution < -0.4 is 4.74 Å². The molecule has 0 aromatic heterocycles. The van der Waals surface area contributed by atoms with E-state index in [9.17, 15) is 4.79 Å². The van der Waals surface area contributed by atoms with Crippen LogP contribution in [-0.2, 0) is 9.53 Å². The van der Waals surface area contributed by atoms with E-state index in [2.05, 4.69) is 18.8 Å². The normalized spacial score (nSPS) is 12.6. The van der Waals surface area contributed by atoms with Crippen molar-refractivity contribution in [2.75, 3.05) is 6.61 Å². The highest BCUT2D eigenvalue weighted by atomic mass is 16.5. The third-order valence-electron chi connectivity index (χ3n) is 5.81. The second kappa shape index (κ2) is 17.5.